The first-order chi connectivity index (χ1) is 16.4. The monoisotopic (exact) mass is 523 g/mol. The van der Waals surface area contributed by atoms with Gasteiger partial charge in [-0.15, -0.1) is 23.5 Å². The van der Waals surface area contributed by atoms with E-state index in [1.165, 1.54) is 12.1 Å². The minimum atomic E-state index is -3.49. The molecule has 2 aliphatic rings. The van der Waals surface area contributed by atoms with E-state index < -0.39 is 10.0 Å². The van der Waals surface area contributed by atoms with Crippen molar-refractivity contribution >= 4 is 39.2 Å². The number of thioether (sulfide) groups is 2. The van der Waals surface area contributed by atoms with Gasteiger partial charge in [0.2, 0.25) is 10.0 Å². The molecule has 2 aromatic carbocycles. The lowest BCUT2D eigenvalue weighted by Crippen LogP contribution is -2.49. The molecule has 0 bridgehead atoms. The van der Waals surface area contributed by atoms with Crippen LogP contribution < -0.4 is 4.90 Å². The van der Waals surface area contributed by atoms with Gasteiger partial charge in [-0.3, -0.25) is 4.90 Å². The summed E-state index contributed by atoms with van der Waals surface area (Å²) in [4.78, 5) is 5.15. The molecule has 0 saturated carbocycles. The van der Waals surface area contributed by atoms with Crippen LogP contribution in [-0.4, -0.2) is 74.9 Å². The summed E-state index contributed by atoms with van der Waals surface area (Å²) in [7, 11) is -3.49. The summed E-state index contributed by atoms with van der Waals surface area (Å²) >= 11 is 3.70. The zero-order chi connectivity index (χ0) is 24.2. The lowest BCUT2D eigenvalue weighted by Gasteiger charge is -2.43. The van der Waals surface area contributed by atoms with Crippen LogP contribution in [0.3, 0.4) is 0 Å². The first-order valence-corrected chi connectivity index (χ1v) is 15.4. The second-order valence-electron chi connectivity index (χ2n) is 8.61. The van der Waals surface area contributed by atoms with Crippen molar-refractivity contribution in [1.82, 2.24) is 9.21 Å². The minimum absolute atomic E-state index is 0.212. The van der Waals surface area contributed by atoms with Crippen molar-refractivity contribution in [1.29, 1.82) is 0 Å². The van der Waals surface area contributed by atoms with E-state index in [1.807, 2.05) is 53.9 Å². The minimum Gasteiger partial charge on any atom is -0.369 e. The van der Waals surface area contributed by atoms with E-state index >= 15 is 0 Å². The Balaban J connectivity index is 1.39. The lowest BCUT2D eigenvalue weighted by atomic mass is 10.1. The standard InChI is InChI=1S/C25H34FN3O2S3/c1-3-32-25(33-4-2)20-29(34(30,31)24-9-6-5-8-23(24)25)15-7-14-27-16-18-28(19-17-27)22-12-10-21(26)11-13-22/h5-6,8-13H,3-4,7,14-20H2,1-2H3. The highest BCUT2D eigenvalue weighted by atomic mass is 32.2. The van der Waals surface area contributed by atoms with Crippen LogP contribution in [0.4, 0.5) is 10.1 Å². The summed E-state index contributed by atoms with van der Waals surface area (Å²) < 4.78 is 41.6. The zero-order valence-electron chi connectivity index (χ0n) is 20.0. The Kier molecular flexibility index (Phi) is 8.51. The van der Waals surface area contributed by atoms with Gasteiger partial charge >= 0.3 is 0 Å². The Morgan fingerprint density at radius 3 is 2.21 bits per heavy atom. The molecule has 1 saturated heterocycles. The third kappa shape index (κ3) is 5.43. The van der Waals surface area contributed by atoms with E-state index in [0.717, 1.165) is 61.9 Å². The van der Waals surface area contributed by atoms with Crippen molar-refractivity contribution in [2.24, 2.45) is 0 Å². The van der Waals surface area contributed by atoms with Crippen LogP contribution in [0, 0.1) is 5.82 Å². The number of hydrogen-bond acceptors (Lipinski definition) is 6. The second kappa shape index (κ2) is 11.2. The smallest absolute Gasteiger partial charge is 0.243 e. The Bertz CT molecular complexity index is 1050. The third-order valence-corrected chi connectivity index (χ3v) is 11.3. The summed E-state index contributed by atoms with van der Waals surface area (Å²) in [5, 5.41) is 0. The largest absolute Gasteiger partial charge is 0.369 e. The Labute approximate surface area is 212 Å². The molecule has 5 nitrogen and oxygen atoms in total. The molecular weight excluding hydrogens is 489 g/mol. The average molecular weight is 524 g/mol. The fourth-order valence-corrected chi connectivity index (χ4v) is 10.1. The molecule has 34 heavy (non-hydrogen) atoms. The summed E-state index contributed by atoms with van der Waals surface area (Å²) in [6.07, 6.45) is 0.807. The number of rotatable bonds is 9. The van der Waals surface area contributed by atoms with Crippen LogP contribution >= 0.6 is 23.5 Å². The quantitative estimate of drug-likeness (QED) is 0.444. The molecular formula is C25H34FN3O2S3. The lowest BCUT2D eigenvalue weighted by molar-refractivity contribution is 0.244. The van der Waals surface area contributed by atoms with Crippen molar-refractivity contribution < 1.29 is 12.8 Å². The summed E-state index contributed by atoms with van der Waals surface area (Å²) in [6.45, 7) is 9.85. The Hall–Kier alpha value is -1.26. The van der Waals surface area contributed by atoms with Crippen molar-refractivity contribution in [2.45, 2.75) is 29.2 Å². The molecule has 0 radical (unpaired) electrons. The molecule has 2 aliphatic heterocycles. The molecule has 0 amide bonds. The van der Waals surface area contributed by atoms with Gasteiger partial charge in [0.1, 0.15) is 9.90 Å². The predicted molar refractivity (Wildman–Crippen MR) is 143 cm³/mol. The topological polar surface area (TPSA) is 43.9 Å². The molecule has 9 heteroatoms. The SMILES string of the molecule is CCSC1(SCC)CN(CCCN2CCN(c3ccc(F)cc3)CC2)S(=O)(=O)c2ccccc21. The van der Waals surface area contributed by atoms with Crippen LogP contribution in [0.25, 0.3) is 0 Å². The summed E-state index contributed by atoms with van der Waals surface area (Å²) in [5.41, 5.74) is 2.00. The van der Waals surface area contributed by atoms with Gasteiger partial charge in [0.25, 0.3) is 0 Å². The number of anilines is 1. The van der Waals surface area contributed by atoms with E-state index in [2.05, 4.69) is 23.6 Å². The number of piperazine rings is 1. The van der Waals surface area contributed by atoms with Gasteiger partial charge in [-0.05, 0) is 60.4 Å². The average Bonchev–Trinajstić information content (AvgIpc) is 2.84. The first-order valence-electron chi connectivity index (χ1n) is 12.0. The molecule has 2 heterocycles. The van der Waals surface area contributed by atoms with E-state index in [0.29, 0.717) is 18.0 Å². The van der Waals surface area contributed by atoms with Gasteiger partial charge < -0.3 is 4.90 Å². The number of sulfonamides is 1. The summed E-state index contributed by atoms with van der Waals surface area (Å²) in [6, 6.07) is 14.2. The van der Waals surface area contributed by atoms with Gasteiger partial charge in [0.05, 0.1) is 4.90 Å². The molecule has 1 fully saturated rings. The second-order valence-corrected chi connectivity index (χ2v) is 13.9. The van der Waals surface area contributed by atoms with Crippen LogP contribution in [-0.2, 0) is 14.1 Å². The first kappa shape index (κ1) is 25.8. The van der Waals surface area contributed by atoms with Gasteiger partial charge in [0.15, 0.2) is 0 Å². The molecule has 0 unspecified atom stereocenters. The number of nitrogens with zero attached hydrogens (tertiary/aromatic N) is 3. The molecule has 2 aromatic rings. The molecule has 4 rings (SSSR count). The third-order valence-electron chi connectivity index (χ3n) is 6.50. The van der Waals surface area contributed by atoms with Gasteiger partial charge in [-0.1, -0.05) is 32.0 Å². The molecule has 0 aromatic heterocycles. The Morgan fingerprint density at radius 2 is 1.56 bits per heavy atom. The predicted octanol–water partition coefficient (Wildman–Crippen LogP) is 4.70. The fourth-order valence-electron chi connectivity index (χ4n) is 4.85. The van der Waals surface area contributed by atoms with Crippen LogP contribution in [0.2, 0.25) is 0 Å². The Morgan fingerprint density at radius 1 is 0.912 bits per heavy atom. The van der Waals surface area contributed by atoms with Crippen LogP contribution in [0.1, 0.15) is 25.8 Å². The number of halogens is 1. The van der Waals surface area contributed by atoms with Crippen LogP contribution in [0.5, 0.6) is 0 Å². The summed E-state index contributed by atoms with van der Waals surface area (Å²) in [5.74, 6) is 1.66. The maximum Gasteiger partial charge on any atom is 0.243 e. The highest BCUT2D eigenvalue weighted by Gasteiger charge is 2.46. The molecule has 0 aliphatic carbocycles. The van der Waals surface area contributed by atoms with E-state index in [9.17, 15) is 12.8 Å². The van der Waals surface area contributed by atoms with E-state index in [4.69, 9.17) is 0 Å². The molecule has 0 atom stereocenters. The number of hydrogen-bond donors (Lipinski definition) is 0. The number of benzene rings is 2. The molecule has 0 N–H and O–H groups in total. The maximum absolute atomic E-state index is 13.5. The van der Waals surface area contributed by atoms with Crippen molar-refractivity contribution in [2.75, 3.05) is 62.2 Å². The highest BCUT2D eigenvalue weighted by Crippen LogP contribution is 2.52. The van der Waals surface area contributed by atoms with Crippen molar-refractivity contribution in [3.63, 3.8) is 0 Å². The molecule has 186 valence electrons. The number of fused-ring (bicyclic) bond motifs is 1. The van der Waals surface area contributed by atoms with E-state index in [-0.39, 0.29) is 9.90 Å². The van der Waals surface area contributed by atoms with Gasteiger partial charge in [-0.2, -0.15) is 4.31 Å². The van der Waals surface area contributed by atoms with E-state index in [1.54, 1.807) is 10.4 Å². The zero-order valence-corrected chi connectivity index (χ0v) is 22.4. The van der Waals surface area contributed by atoms with Crippen LogP contribution in [0.15, 0.2) is 53.4 Å². The molecule has 0 spiro atoms. The van der Waals surface area contributed by atoms with Crippen molar-refractivity contribution in [3.8, 4) is 0 Å². The van der Waals surface area contributed by atoms with Gasteiger partial charge in [-0.25, -0.2) is 12.8 Å². The van der Waals surface area contributed by atoms with Crippen molar-refractivity contribution in [3.05, 3.63) is 59.9 Å². The normalized spacial score (nSPS) is 20.3. The van der Waals surface area contributed by atoms with Gasteiger partial charge in [0, 0.05) is 45.0 Å². The highest BCUT2D eigenvalue weighted by molar-refractivity contribution is 8.17. The fraction of sp³-hybridized carbons (Fsp3) is 0.520. The maximum atomic E-state index is 13.5.